The first-order valence-electron chi connectivity index (χ1n) is 10.0. The molecule has 0 unspecified atom stereocenters. The number of carbonyl (C=O) groups is 1. The van der Waals surface area contributed by atoms with E-state index in [4.69, 9.17) is 0 Å². The topological polar surface area (TPSA) is 66.3 Å². The lowest BCUT2D eigenvalue weighted by Crippen LogP contribution is -2.38. The summed E-state index contributed by atoms with van der Waals surface area (Å²) in [4.78, 5) is 15.0. The first kappa shape index (κ1) is 17.7. The number of amides is 1. The van der Waals surface area contributed by atoms with Gasteiger partial charge in [0.2, 0.25) is 0 Å². The summed E-state index contributed by atoms with van der Waals surface area (Å²) in [5.74, 6) is 0.438. The average molecular weight is 385 g/mol. The van der Waals surface area contributed by atoms with Crippen LogP contribution in [0.2, 0.25) is 0 Å². The van der Waals surface area contributed by atoms with E-state index >= 15 is 0 Å². The van der Waals surface area contributed by atoms with Crippen LogP contribution in [-0.4, -0.2) is 43.7 Å². The normalized spacial score (nSPS) is 15.1. The SMILES string of the molecule is Cc1ccccc1-c1cn[nH]c1C1CCN(C(=O)c2cnn3ccccc23)CC1. The summed E-state index contributed by atoms with van der Waals surface area (Å²) in [6.45, 7) is 3.60. The molecule has 6 heteroatoms. The number of benzene rings is 1. The molecular formula is C23H23N5O. The van der Waals surface area contributed by atoms with E-state index in [0.29, 0.717) is 11.5 Å². The van der Waals surface area contributed by atoms with E-state index in [1.165, 1.54) is 22.4 Å². The lowest BCUT2D eigenvalue weighted by Gasteiger charge is -2.32. The molecule has 1 aliphatic rings. The van der Waals surface area contributed by atoms with E-state index in [0.717, 1.165) is 31.4 Å². The molecule has 3 aromatic heterocycles. The molecule has 0 radical (unpaired) electrons. The van der Waals surface area contributed by atoms with Gasteiger partial charge < -0.3 is 4.90 Å². The number of aromatic nitrogens is 4. The van der Waals surface area contributed by atoms with Crippen LogP contribution in [0.1, 0.15) is 40.4 Å². The number of pyridine rings is 1. The molecule has 0 spiro atoms. The Morgan fingerprint density at radius 2 is 1.83 bits per heavy atom. The number of nitrogens with one attached hydrogen (secondary N) is 1. The molecule has 0 bridgehead atoms. The minimum absolute atomic E-state index is 0.0633. The Morgan fingerprint density at radius 3 is 2.66 bits per heavy atom. The maximum absolute atomic E-state index is 13.1. The molecule has 1 aromatic carbocycles. The number of hydrogen-bond acceptors (Lipinski definition) is 3. The molecule has 29 heavy (non-hydrogen) atoms. The number of hydrogen-bond donors (Lipinski definition) is 1. The van der Waals surface area contributed by atoms with E-state index in [9.17, 15) is 4.79 Å². The second kappa shape index (κ2) is 7.20. The molecule has 146 valence electrons. The lowest BCUT2D eigenvalue weighted by atomic mass is 9.88. The largest absolute Gasteiger partial charge is 0.338 e. The van der Waals surface area contributed by atoms with Crippen molar-refractivity contribution in [2.75, 3.05) is 13.1 Å². The molecule has 1 amide bonds. The molecule has 4 aromatic rings. The van der Waals surface area contributed by atoms with Crippen molar-refractivity contribution in [1.29, 1.82) is 0 Å². The summed E-state index contributed by atoms with van der Waals surface area (Å²) in [6.07, 6.45) is 7.31. The minimum Gasteiger partial charge on any atom is -0.338 e. The van der Waals surface area contributed by atoms with Crippen LogP contribution >= 0.6 is 0 Å². The van der Waals surface area contributed by atoms with Crippen LogP contribution < -0.4 is 0 Å². The quantitative estimate of drug-likeness (QED) is 0.578. The fourth-order valence-corrected chi connectivity index (χ4v) is 4.34. The zero-order valence-corrected chi connectivity index (χ0v) is 16.4. The van der Waals surface area contributed by atoms with Gasteiger partial charge >= 0.3 is 0 Å². The van der Waals surface area contributed by atoms with Crippen LogP contribution in [0.15, 0.2) is 61.1 Å². The summed E-state index contributed by atoms with van der Waals surface area (Å²) < 4.78 is 1.75. The van der Waals surface area contributed by atoms with Gasteiger partial charge in [-0.25, -0.2) is 4.52 Å². The van der Waals surface area contributed by atoms with Crippen LogP contribution in [0.5, 0.6) is 0 Å². The van der Waals surface area contributed by atoms with Gasteiger partial charge in [0.1, 0.15) is 0 Å². The number of carbonyl (C=O) groups excluding carboxylic acids is 1. The van der Waals surface area contributed by atoms with Crippen molar-refractivity contribution < 1.29 is 4.79 Å². The molecular weight excluding hydrogens is 362 g/mol. The molecule has 1 saturated heterocycles. The fraction of sp³-hybridized carbons (Fsp3) is 0.261. The van der Waals surface area contributed by atoms with Crippen molar-refractivity contribution in [3.63, 3.8) is 0 Å². The third-order valence-electron chi connectivity index (χ3n) is 5.95. The number of likely N-dealkylation sites (tertiary alicyclic amines) is 1. The second-order valence-electron chi connectivity index (χ2n) is 7.67. The Hall–Kier alpha value is -3.41. The van der Waals surface area contributed by atoms with Gasteiger partial charge in [0, 0.05) is 36.5 Å². The Labute approximate surface area is 169 Å². The molecule has 1 N–H and O–H groups in total. The standard InChI is InChI=1S/C23H23N5O/c1-16-6-2-3-7-18(16)19-14-24-26-22(19)17-9-12-27(13-10-17)23(29)20-15-25-28-11-5-4-8-21(20)28/h2-8,11,14-15,17H,9-10,12-13H2,1H3,(H,24,26). The third-order valence-corrected chi connectivity index (χ3v) is 5.95. The minimum atomic E-state index is 0.0633. The number of H-pyrrole nitrogens is 1. The van der Waals surface area contributed by atoms with Crippen LogP contribution in [0, 0.1) is 6.92 Å². The summed E-state index contributed by atoms with van der Waals surface area (Å²) in [7, 11) is 0. The van der Waals surface area contributed by atoms with Crippen molar-refractivity contribution >= 4 is 11.4 Å². The summed E-state index contributed by atoms with van der Waals surface area (Å²) in [5.41, 5.74) is 6.36. The van der Waals surface area contributed by atoms with Crippen LogP contribution in [0.25, 0.3) is 16.6 Å². The third kappa shape index (κ3) is 3.10. The van der Waals surface area contributed by atoms with E-state index in [2.05, 4.69) is 46.5 Å². The molecule has 1 aliphatic heterocycles. The van der Waals surface area contributed by atoms with Crippen LogP contribution in [-0.2, 0) is 0 Å². The fourth-order valence-electron chi connectivity index (χ4n) is 4.34. The van der Waals surface area contributed by atoms with E-state index in [-0.39, 0.29) is 5.91 Å². The zero-order chi connectivity index (χ0) is 19.8. The lowest BCUT2D eigenvalue weighted by molar-refractivity contribution is 0.0714. The number of aryl methyl sites for hydroxylation is 1. The Bertz CT molecular complexity index is 1170. The molecule has 1 fully saturated rings. The molecule has 6 nitrogen and oxygen atoms in total. The Kier molecular flexibility index (Phi) is 4.39. The molecule has 4 heterocycles. The Morgan fingerprint density at radius 1 is 1.03 bits per heavy atom. The van der Waals surface area contributed by atoms with E-state index < -0.39 is 0 Å². The summed E-state index contributed by atoms with van der Waals surface area (Å²) >= 11 is 0. The molecule has 0 aliphatic carbocycles. The second-order valence-corrected chi connectivity index (χ2v) is 7.67. The van der Waals surface area contributed by atoms with Crippen molar-refractivity contribution in [2.45, 2.75) is 25.7 Å². The highest BCUT2D eigenvalue weighted by Gasteiger charge is 2.28. The monoisotopic (exact) mass is 385 g/mol. The number of fused-ring (bicyclic) bond motifs is 1. The van der Waals surface area contributed by atoms with Gasteiger partial charge in [0.15, 0.2) is 0 Å². The van der Waals surface area contributed by atoms with Gasteiger partial charge in [-0.15, -0.1) is 0 Å². The highest BCUT2D eigenvalue weighted by Crippen LogP contribution is 2.35. The highest BCUT2D eigenvalue weighted by atomic mass is 16.2. The van der Waals surface area contributed by atoms with Crippen molar-refractivity contribution in [1.82, 2.24) is 24.7 Å². The average Bonchev–Trinajstić information content (AvgIpc) is 3.41. The van der Waals surface area contributed by atoms with Gasteiger partial charge in [-0.05, 0) is 43.0 Å². The summed E-state index contributed by atoms with van der Waals surface area (Å²) in [6, 6.07) is 14.2. The zero-order valence-electron chi connectivity index (χ0n) is 16.4. The van der Waals surface area contributed by atoms with Crippen molar-refractivity contribution in [2.24, 2.45) is 0 Å². The van der Waals surface area contributed by atoms with Crippen molar-refractivity contribution in [3.8, 4) is 11.1 Å². The highest BCUT2D eigenvalue weighted by molar-refractivity contribution is 6.00. The smallest absolute Gasteiger partial charge is 0.257 e. The predicted octanol–water partition coefficient (Wildman–Crippen LogP) is 4.05. The first-order valence-corrected chi connectivity index (χ1v) is 10.0. The summed E-state index contributed by atoms with van der Waals surface area (Å²) in [5, 5.41) is 11.9. The van der Waals surface area contributed by atoms with Gasteiger partial charge in [-0.2, -0.15) is 10.2 Å². The van der Waals surface area contributed by atoms with E-state index in [1.54, 1.807) is 10.7 Å². The number of rotatable bonds is 3. The van der Waals surface area contributed by atoms with Gasteiger partial charge in [-0.1, -0.05) is 30.3 Å². The predicted molar refractivity (Wildman–Crippen MR) is 112 cm³/mol. The Balaban J connectivity index is 1.33. The molecule has 5 rings (SSSR count). The van der Waals surface area contributed by atoms with Crippen LogP contribution in [0.3, 0.4) is 0 Å². The molecule has 0 saturated carbocycles. The number of nitrogens with zero attached hydrogens (tertiary/aromatic N) is 4. The number of aromatic amines is 1. The van der Waals surface area contributed by atoms with Gasteiger partial charge in [0.05, 0.1) is 23.5 Å². The van der Waals surface area contributed by atoms with Crippen LogP contribution in [0.4, 0.5) is 0 Å². The van der Waals surface area contributed by atoms with Gasteiger partial charge in [0.25, 0.3) is 5.91 Å². The van der Waals surface area contributed by atoms with Crippen molar-refractivity contribution in [3.05, 3.63) is 77.9 Å². The van der Waals surface area contributed by atoms with Gasteiger partial charge in [-0.3, -0.25) is 9.89 Å². The van der Waals surface area contributed by atoms with E-state index in [1.807, 2.05) is 35.5 Å². The number of piperidine rings is 1. The molecule has 0 atom stereocenters. The maximum Gasteiger partial charge on any atom is 0.257 e. The first-order chi connectivity index (χ1) is 14.2. The maximum atomic E-state index is 13.1.